The molecule has 1 aromatic rings. The van der Waals surface area contributed by atoms with Crippen LogP contribution < -0.4 is 0 Å². The lowest BCUT2D eigenvalue weighted by Crippen LogP contribution is -2.42. The van der Waals surface area contributed by atoms with Crippen LogP contribution in [-0.2, 0) is 18.9 Å². The third-order valence-electron chi connectivity index (χ3n) is 4.58. The fourth-order valence-electron chi connectivity index (χ4n) is 3.56. The van der Waals surface area contributed by atoms with Gasteiger partial charge >= 0.3 is 0 Å². The van der Waals surface area contributed by atoms with E-state index in [9.17, 15) is 9.59 Å². The van der Waals surface area contributed by atoms with E-state index in [4.69, 9.17) is 18.9 Å². The van der Waals surface area contributed by atoms with E-state index >= 15 is 0 Å². The number of methoxy groups -OCH3 is 1. The smallest absolute Gasteiger partial charge is 0.261 e. The van der Waals surface area contributed by atoms with E-state index in [1.165, 1.54) is 12.0 Å². The van der Waals surface area contributed by atoms with Crippen molar-refractivity contribution in [2.45, 2.75) is 44.2 Å². The van der Waals surface area contributed by atoms with E-state index in [2.05, 4.69) is 0 Å². The minimum atomic E-state index is -0.754. The molecule has 0 unspecified atom stereocenters. The zero-order valence-electron chi connectivity index (χ0n) is 13.7. The molecule has 0 N–H and O–H groups in total. The number of ether oxygens (including phenoxy) is 4. The van der Waals surface area contributed by atoms with Gasteiger partial charge in [-0.15, -0.1) is 0 Å². The van der Waals surface area contributed by atoms with E-state index in [1.54, 1.807) is 24.3 Å². The maximum atomic E-state index is 12.5. The summed E-state index contributed by atoms with van der Waals surface area (Å²) in [6.45, 7) is 3.74. The van der Waals surface area contributed by atoms with Crippen LogP contribution >= 0.6 is 0 Å². The molecule has 2 saturated heterocycles. The summed E-state index contributed by atoms with van der Waals surface area (Å²) >= 11 is 0. The van der Waals surface area contributed by atoms with Crippen molar-refractivity contribution in [2.75, 3.05) is 13.7 Å². The lowest BCUT2D eigenvalue weighted by atomic mass is 10.1. The molecule has 2 amide bonds. The first-order chi connectivity index (χ1) is 11.4. The van der Waals surface area contributed by atoms with Crippen LogP contribution in [0.1, 0.15) is 34.6 Å². The molecule has 1 aromatic carbocycles. The van der Waals surface area contributed by atoms with Crippen LogP contribution in [0.4, 0.5) is 0 Å². The van der Waals surface area contributed by atoms with Crippen molar-refractivity contribution in [1.29, 1.82) is 0 Å². The molecule has 3 heterocycles. The summed E-state index contributed by atoms with van der Waals surface area (Å²) < 4.78 is 22.8. The SMILES string of the molecule is CO[C@@H]1O[C@H](CN2C(=O)c3ccccc3C2=O)[C@H]2OC(C)(C)O[C@@H]12. The largest absolute Gasteiger partial charge is 0.353 e. The molecule has 128 valence electrons. The van der Waals surface area contributed by atoms with E-state index in [1.807, 2.05) is 13.8 Å². The molecule has 7 nitrogen and oxygen atoms in total. The molecular formula is C17H19NO6. The van der Waals surface area contributed by atoms with Crippen LogP contribution in [0, 0.1) is 0 Å². The molecule has 3 aliphatic heterocycles. The Labute approximate surface area is 139 Å². The summed E-state index contributed by atoms with van der Waals surface area (Å²) in [5.41, 5.74) is 0.841. The Morgan fingerprint density at radius 3 is 2.25 bits per heavy atom. The lowest BCUT2D eigenvalue weighted by Gasteiger charge is -2.25. The number of benzene rings is 1. The van der Waals surface area contributed by atoms with Crippen LogP contribution in [0.5, 0.6) is 0 Å². The van der Waals surface area contributed by atoms with Gasteiger partial charge in [-0.25, -0.2) is 0 Å². The zero-order chi connectivity index (χ0) is 17.1. The Hall–Kier alpha value is -1.80. The second-order valence-electron chi connectivity index (χ2n) is 6.61. The van der Waals surface area contributed by atoms with E-state index in [0.717, 1.165) is 0 Å². The Kier molecular flexibility index (Phi) is 3.50. The normalized spacial score (nSPS) is 33.9. The molecule has 0 spiro atoms. The van der Waals surface area contributed by atoms with Crippen molar-refractivity contribution in [3.8, 4) is 0 Å². The third-order valence-corrected chi connectivity index (χ3v) is 4.58. The molecule has 3 aliphatic rings. The van der Waals surface area contributed by atoms with Gasteiger partial charge in [-0.3, -0.25) is 14.5 Å². The Balaban J connectivity index is 1.56. The maximum absolute atomic E-state index is 12.5. The molecule has 0 aromatic heterocycles. The second-order valence-corrected chi connectivity index (χ2v) is 6.61. The third kappa shape index (κ3) is 2.28. The number of carbonyl (C=O) groups is 2. The molecule has 0 aliphatic carbocycles. The Bertz CT molecular complexity index is 667. The second kappa shape index (κ2) is 5.35. The van der Waals surface area contributed by atoms with Gasteiger partial charge in [-0.1, -0.05) is 12.1 Å². The van der Waals surface area contributed by atoms with Crippen molar-refractivity contribution in [3.05, 3.63) is 35.4 Å². The van der Waals surface area contributed by atoms with E-state index in [-0.39, 0.29) is 24.5 Å². The highest BCUT2D eigenvalue weighted by Crippen LogP contribution is 2.39. The fourth-order valence-corrected chi connectivity index (χ4v) is 3.56. The quantitative estimate of drug-likeness (QED) is 0.773. The summed E-state index contributed by atoms with van der Waals surface area (Å²) in [6, 6.07) is 6.80. The highest BCUT2D eigenvalue weighted by Gasteiger charge is 2.56. The van der Waals surface area contributed by atoms with Crippen LogP contribution in [-0.4, -0.2) is 60.8 Å². The first kappa shape index (κ1) is 15.7. The Morgan fingerprint density at radius 1 is 1.08 bits per heavy atom. The first-order valence-electron chi connectivity index (χ1n) is 7.90. The van der Waals surface area contributed by atoms with Crippen LogP contribution in [0.3, 0.4) is 0 Å². The van der Waals surface area contributed by atoms with Crippen molar-refractivity contribution in [2.24, 2.45) is 0 Å². The molecule has 0 bridgehead atoms. The summed E-state index contributed by atoms with van der Waals surface area (Å²) in [5.74, 6) is -1.37. The molecule has 0 radical (unpaired) electrons. The summed E-state index contributed by atoms with van der Waals surface area (Å²) in [5, 5.41) is 0. The highest BCUT2D eigenvalue weighted by molar-refractivity contribution is 6.21. The molecule has 24 heavy (non-hydrogen) atoms. The summed E-state index contributed by atoms with van der Waals surface area (Å²) in [7, 11) is 1.53. The number of nitrogens with zero attached hydrogens (tertiary/aromatic N) is 1. The number of hydrogen-bond acceptors (Lipinski definition) is 6. The van der Waals surface area contributed by atoms with Gasteiger partial charge in [0.25, 0.3) is 11.8 Å². The van der Waals surface area contributed by atoms with Crippen LogP contribution in [0.25, 0.3) is 0 Å². The molecule has 7 heteroatoms. The maximum Gasteiger partial charge on any atom is 0.261 e. The van der Waals surface area contributed by atoms with Gasteiger partial charge in [0, 0.05) is 7.11 Å². The van der Waals surface area contributed by atoms with Gasteiger partial charge in [0.1, 0.15) is 18.3 Å². The van der Waals surface area contributed by atoms with E-state index in [0.29, 0.717) is 11.1 Å². The topological polar surface area (TPSA) is 74.3 Å². The van der Waals surface area contributed by atoms with Crippen LogP contribution in [0.15, 0.2) is 24.3 Å². The lowest BCUT2D eigenvalue weighted by molar-refractivity contribution is -0.227. The average Bonchev–Trinajstić information content (AvgIpc) is 3.12. The highest BCUT2D eigenvalue weighted by atomic mass is 16.8. The number of amides is 2. The van der Waals surface area contributed by atoms with Gasteiger partial charge in [0.15, 0.2) is 12.1 Å². The van der Waals surface area contributed by atoms with Crippen molar-refractivity contribution >= 4 is 11.8 Å². The monoisotopic (exact) mass is 333 g/mol. The number of rotatable bonds is 3. The number of imide groups is 1. The number of hydrogen-bond donors (Lipinski definition) is 0. The van der Waals surface area contributed by atoms with Gasteiger partial charge in [0.05, 0.1) is 17.7 Å². The number of carbonyl (C=O) groups excluding carboxylic acids is 2. The first-order valence-corrected chi connectivity index (χ1v) is 7.90. The molecular weight excluding hydrogens is 314 g/mol. The predicted octanol–water partition coefficient (Wildman–Crippen LogP) is 1.17. The standard InChI is InChI=1S/C17H19NO6/c1-17(2)23-12-11(22-16(21-3)13(12)24-17)8-18-14(19)9-6-4-5-7-10(9)15(18)20/h4-7,11-13,16H,8H2,1-3H3/t11-,12-,13-,16-/m1/s1. The minimum Gasteiger partial charge on any atom is -0.353 e. The van der Waals surface area contributed by atoms with Gasteiger partial charge in [0.2, 0.25) is 0 Å². The van der Waals surface area contributed by atoms with Gasteiger partial charge < -0.3 is 18.9 Å². The predicted molar refractivity (Wildman–Crippen MR) is 81.3 cm³/mol. The molecule has 2 fully saturated rings. The van der Waals surface area contributed by atoms with Crippen molar-refractivity contribution in [3.63, 3.8) is 0 Å². The van der Waals surface area contributed by atoms with E-state index < -0.39 is 24.3 Å². The van der Waals surface area contributed by atoms with Crippen molar-refractivity contribution in [1.82, 2.24) is 4.90 Å². The zero-order valence-corrected chi connectivity index (χ0v) is 13.7. The molecule has 4 atom stereocenters. The molecule has 0 saturated carbocycles. The van der Waals surface area contributed by atoms with Gasteiger partial charge in [-0.05, 0) is 26.0 Å². The summed E-state index contributed by atoms with van der Waals surface area (Å²) in [4.78, 5) is 26.2. The average molecular weight is 333 g/mol. The number of fused-ring (bicyclic) bond motifs is 2. The fraction of sp³-hybridized carbons (Fsp3) is 0.529. The summed E-state index contributed by atoms with van der Waals surface area (Å²) in [6.07, 6.45) is -1.86. The Morgan fingerprint density at radius 2 is 1.67 bits per heavy atom. The van der Waals surface area contributed by atoms with Crippen molar-refractivity contribution < 1.29 is 28.5 Å². The molecule has 4 rings (SSSR count). The minimum absolute atomic E-state index is 0.104. The van der Waals surface area contributed by atoms with Crippen LogP contribution in [0.2, 0.25) is 0 Å². The van der Waals surface area contributed by atoms with Gasteiger partial charge in [-0.2, -0.15) is 0 Å².